The fourth-order valence-electron chi connectivity index (χ4n) is 4.94. The third-order valence-corrected chi connectivity index (χ3v) is 6.81. The Hall–Kier alpha value is -3.70. The van der Waals surface area contributed by atoms with Crippen LogP contribution >= 0.6 is 0 Å². The molecule has 1 aromatic heterocycles. The summed E-state index contributed by atoms with van der Waals surface area (Å²) in [6.45, 7) is 6.37. The lowest BCUT2D eigenvalue weighted by Gasteiger charge is -2.36. The zero-order valence-corrected chi connectivity index (χ0v) is 19.3. The quantitative estimate of drug-likeness (QED) is 0.528. The Morgan fingerprint density at radius 1 is 1.15 bits per heavy atom. The van der Waals surface area contributed by atoms with Crippen LogP contribution in [-0.2, 0) is 6.42 Å². The van der Waals surface area contributed by atoms with Gasteiger partial charge < -0.3 is 20.4 Å². The number of piperazine rings is 1. The average Bonchev–Trinajstić information content (AvgIpc) is 3.50. The largest absolute Gasteiger partial charge is 0.491 e. The summed E-state index contributed by atoms with van der Waals surface area (Å²) < 4.78 is 5.88. The van der Waals surface area contributed by atoms with E-state index in [0.29, 0.717) is 17.9 Å². The molecule has 1 fully saturated rings. The molecule has 0 atom stereocenters. The van der Waals surface area contributed by atoms with E-state index >= 15 is 0 Å². The predicted octanol–water partition coefficient (Wildman–Crippen LogP) is 3.46. The maximum atomic E-state index is 12.1. The lowest BCUT2D eigenvalue weighted by Crippen LogP contribution is -2.46. The zero-order chi connectivity index (χ0) is 23.5. The minimum Gasteiger partial charge on any atom is -0.491 e. The summed E-state index contributed by atoms with van der Waals surface area (Å²) in [7, 11) is 0. The van der Waals surface area contributed by atoms with Crippen molar-refractivity contribution in [1.29, 1.82) is 5.26 Å². The molecule has 0 spiro atoms. The van der Waals surface area contributed by atoms with Gasteiger partial charge in [0.1, 0.15) is 11.6 Å². The molecule has 0 aliphatic carbocycles. The number of fused-ring (bicyclic) bond motifs is 2. The molecule has 3 N–H and O–H groups in total. The molecular weight excluding hydrogens is 428 g/mol. The number of nitriles is 1. The van der Waals surface area contributed by atoms with E-state index in [2.05, 4.69) is 39.1 Å². The van der Waals surface area contributed by atoms with Gasteiger partial charge >= 0.3 is 6.03 Å². The Kier molecular flexibility index (Phi) is 6.28. The number of anilines is 2. The molecule has 2 amide bonds. The highest BCUT2D eigenvalue weighted by Crippen LogP contribution is 2.36. The van der Waals surface area contributed by atoms with Crippen LogP contribution in [-0.4, -0.2) is 61.8 Å². The molecule has 1 saturated heterocycles. The van der Waals surface area contributed by atoms with Crippen molar-refractivity contribution in [1.82, 2.24) is 9.88 Å². The first-order chi connectivity index (χ1) is 16.6. The van der Waals surface area contributed by atoms with Crippen molar-refractivity contribution < 1.29 is 9.53 Å². The van der Waals surface area contributed by atoms with Gasteiger partial charge in [-0.25, -0.2) is 4.79 Å². The van der Waals surface area contributed by atoms with Gasteiger partial charge in [-0.05, 0) is 49.2 Å². The van der Waals surface area contributed by atoms with E-state index in [1.165, 1.54) is 11.3 Å². The summed E-state index contributed by atoms with van der Waals surface area (Å²) in [5.41, 5.74) is 9.62. The normalized spacial score (nSPS) is 15.7. The molecule has 0 unspecified atom stereocenters. The van der Waals surface area contributed by atoms with Crippen LogP contribution in [0.2, 0.25) is 0 Å². The Balaban J connectivity index is 1.11. The lowest BCUT2D eigenvalue weighted by atomic mass is 10.1. The maximum absolute atomic E-state index is 12.1. The standard InChI is InChI=1S/C26H30N6O2/c27-18-19-6-7-21-17-24(29-22(21)16-19)32(26(28)33)10-2-1-9-30-11-13-31(14-12-30)23-5-3-4-20-8-15-34-25(20)23/h3-7,16-17,29H,1-2,8-15H2,(H2,28,33). The van der Waals surface area contributed by atoms with Crippen LogP contribution in [0, 0.1) is 11.3 Å². The number of carbonyl (C=O) groups excluding carboxylic acids is 1. The summed E-state index contributed by atoms with van der Waals surface area (Å²) in [6.07, 6.45) is 2.86. The fourth-order valence-corrected chi connectivity index (χ4v) is 4.94. The number of unbranched alkanes of at least 4 members (excludes halogenated alkanes) is 1. The van der Waals surface area contributed by atoms with Crippen LogP contribution < -0.4 is 20.3 Å². The number of carbonyl (C=O) groups is 1. The number of aromatic nitrogens is 1. The number of nitrogens with zero attached hydrogens (tertiary/aromatic N) is 4. The van der Waals surface area contributed by atoms with Gasteiger partial charge in [0.25, 0.3) is 0 Å². The number of nitrogens with two attached hydrogens (primary N) is 1. The van der Waals surface area contributed by atoms with Crippen LogP contribution in [0.5, 0.6) is 5.75 Å². The number of primary amides is 1. The highest BCUT2D eigenvalue weighted by atomic mass is 16.5. The van der Waals surface area contributed by atoms with E-state index in [-0.39, 0.29) is 0 Å². The number of hydrogen-bond acceptors (Lipinski definition) is 5. The van der Waals surface area contributed by atoms with E-state index in [0.717, 1.165) is 75.2 Å². The van der Waals surface area contributed by atoms with Crippen molar-refractivity contribution in [3.8, 4) is 11.8 Å². The van der Waals surface area contributed by atoms with Gasteiger partial charge in [0, 0.05) is 50.0 Å². The molecule has 3 heterocycles. The first-order valence-corrected chi connectivity index (χ1v) is 11.9. The molecule has 2 aromatic carbocycles. The number of hydrogen-bond donors (Lipinski definition) is 2. The number of rotatable bonds is 7. The number of H-pyrrole nitrogens is 1. The van der Waals surface area contributed by atoms with Gasteiger partial charge in [-0.3, -0.25) is 9.80 Å². The van der Waals surface area contributed by atoms with Crippen molar-refractivity contribution in [2.75, 3.05) is 55.7 Å². The molecule has 3 aromatic rings. The number of aromatic amines is 1. The summed E-state index contributed by atoms with van der Waals surface area (Å²) in [6, 6.07) is 15.5. The molecule has 34 heavy (non-hydrogen) atoms. The second-order valence-electron chi connectivity index (χ2n) is 8.96. The van der Waals surface area contributed by atoms with E-state index < -0.39 is 6.03 Å². The minimum atomic E-state index is -0.474. The van der Waals surface area contributed by atoms with E-state index in [1.54, 1.807) is 17.0 Å². The summed E-state index contributed by atoms with van der Waals surface area (Å²) >= 11 is 0. The summed E-state index contributed by atoms with van der Waals surface area (Å²) in [4.78, 5) is 21.8. The van der Waals surface area contributed by atoms with Crippen molar-refractivity contribution in [3.63, 3.8) is 0 Å². The van der Waals surface area contributed by atoms with Crippen molar-refractivity contribution in [3.05, 3.63) is 53.6 Å². The Bertz CT molecular complexity index is 1220. The Morgan fingerprint density at radius 3 is 2.79 bits per heavy atom. The van der Waals surface area contributed by atoms with E-state index in [9.17, 15) is 4.79 Å². The topological polar surface area (TPSA) is 102 Å². The van der Waals surface area contributed by atoms with Gasteiger partial charge in [-0.1, -0.05) is 18.2 Å². The van der Waals surface area contributed by atoms with Crippen LogP contribution in [0.15, 0.2) is 42.5 Å². The lowest BCUT2D eigenvalue weighted by molar-refractivity contribution is 0.248. The molecule has 5 rings (SSSR count). The second-order valence-corrected chi connectivity index (χ2v) is 8.96. The average molecular weight is 459 g/mol. The Labute approximate surface area is 199 Å². The SMILES string of the molecule is N#Cc1ccc2cc(N(CCCCN3CCN(c4cccc5c4OCC5)CC3)C(N)=O)[nH]c2c1. The van der Waals surface area contributed by atoms with E-state index in [4.69, 9.17) is 15.7 Å². The first-order valence-electron chi connectivity index (χ1n) is 11.9. The first kappa shape index (κ1) is 22.1. The number of urea groups is 1. The van der Waals surface area contributed by atoms with Gasteiger partial charge in [-0.2, -0.15) is 5.26 Å². The third-order valence-electron chi connectivity index (χ3n) is 6.81. The number of amides is 2. The highest BCUT2D eigenvalue weighted by Gasteiger charge is 2.23. The van der Waals surface area contributed by atoms with Crippen LogP contribution in [0.4, 0.5) is 16.3 Å². The number of nitrogens with one attached hydrogen (secondary N) is 1. The zero-order valence-electron chi connectivity index (χ0n) is 19.3. The second kappa shape index (κ2) is 9.65. The smallest absolute Gasteiger partial charge is 0.320 e. The van der Waals surface area contributed by atoms with Crippen LogP contribution in [0.25, 0.3) is 10.9 Å². The molecular formula is C26H30N6O2. The number of benzene rings is 2. The van der Waals surface area contributed by atoms with Gasteiger partial charge in [-0.15, -0.1) is 0 Å². The molecule has 176 valence electrons. The van der Waals surface area contributed by atoms with E-state index in [1.807, 2.05) is 12.1 Å². The molecule has 0 bridgehead atoms. The molecule has 8 nitrogen and oxygen atoms in total. The number of ether oxygens (including phenoxy) is 1. The van der Waals surface area contributed by atoms with Gasteiger partial charge in [0.05, 0.1) is 23.9 Å². The van der Waals surface area contributed by atoms with Crippen LogP contribution in [0.1, 0.15) is 24.0 Å². The fraction of sp³-hybridized carbons (Fsp3) is 0.385. The molecule has 2 aliphatic heterocycles. The summed E-state index contributed by atoms with van der Waals surface area (Å²) in [5, 5.41) is 10.1. The molecule has 0 radical (unpaired) electrons. The van der Waals surface area contributed by atoms with Crippen LogP contribution in [0.3, 0.4) is 0 Å². The maximum Gasteiger partial charge on any atom is 0.320 e. The highest BCUT2D eigenvalue weighted by molar-refractivity contribution is 5.94. The molecule has 2 aliphatic rings. The monoisotopic (exact) mass is 458 g/mol. The predicted molar refractivity (Wildman–Crippen MR) is 133 cm³/mol. The minimum absolute atomic E-state index is 0.474. The third kappa shape index (κ3) is 4.52. The van der Waals surface area contributed by atoms with Crippen molar-refractivity contribution >= 4 is 28.4 Å². The molecule has 8 heteroatoms. The van der Waals surface area contributed by atoms with Gasteiger partial charge in [0.2, 0.25) is 0 Å². The molecule has 0 saturated carbocycles. The number of para-hydroxylation sites is 1. The summed E-state index contributed by atoms with van der Waals surface area (Å²) in [5.74, 6) is 1.74. The van der Waals surface area contributed by atoms with Gasteiger partial charge in [0.15, 0.2) is 0 Å². The van der Waals surface area contributed by atoms with Crippen molar-refractivity contribution in [2.45, 2.75) is 19.3 Å². The van der Waals surface area contributed by atoms with Crippen molar-refractivity contribution in [2.24, 2.45) is 5.73 Å². The Morgan fingerprint density at radius 2 is 2.00 bits per heavy atom.